The van der Waals surface area contributed by atoms with Gasteiger partial charge in [-0.25, -0.2) is 0 Å². The molecule has 14 heavy (non-hydrogen) atoms. The lowest BCUT2D eigenvalue weighted by Crippen LogP contribution is -2.03. The van der Waals surface area contributed by atoms with Crippen LogP contribution in [0.3, 0.4) is 0 Å². The third-order valence-electron chi connectivity index (χ3n) is 1.88. The van der Waals surface area contributed by atoms with Gasteiger partial charge in [-0.3, -0.25) is 0 Å². The van der Waals surface area contributed by atoms with Crippen LogP contribution in [0.15, 0.2) is 23.6 Å². The van der Waals surface area contributed by atoms with Crippen LogP contribution in [0.25, 0.3) is 10.8 Å². The van der Waals surface area contributed by atoms with Crippen LogP contribution in [0, 0.1) is 0 Å². The monoisotopic (exact) mass is 236 g/mol. The molecular formula is C9H4ClF3S. The van der Waals surface area contributed by atoms with E-state index in [1.807, 2.05) is 0 Å². The second-order valence-electron chi connectivity index (χ2n) is 2.81. The standard InChI is InChI=1S/C9H4ClF3S/c10-8-7-2-1-6(9(11,12)13)3-5(7)4-14-8/h1-4H. The fraction of sp³-hybridized carbons (Fsp3) is 0.111. The van der Waals surface area contributed by atoms with Gasteiger partial charge in [0, 0.05) is 10.8 Å². The number of halogens is 4. The number of fused-ring (bicyclic) bond motifs is 1. The van der Waals surface area contributed by atoms with Gasteiger partial charge in [-0.05, 0) is 17.5 Å². The van der Waals surface area contributed by atoms with Crippen molar-refractivity contribution in [2.45, 2.75) is 6.18 Å². The predicted molar refractivity (Wildman–Crippen MR) is 51.8 cm³/mol. The molecule has 0 atom stereocenters. The molecular weight excluding hydrogens is 233 g/mol. The predicted octanol–water partition coefficient (Wildman–Crippen LogP) is 4.57. The van der Waals surface area contributed by atoms with Crippen molar-refractivity contribution < 1.29 is 13.2 Å². The van der Waals surface area contributed by atoms with Gasteiger partial charge in [-0.2, -0.15) is 13.2 Å². The van der Waals surface area contributed by atoms with E-state index in [9.17, 15) is 13.2 Å². The van der Waals surface area contributed by atoms with Crippen molar-refractivity contribution in [2.24, 2.45) is 0 Å². The number of hydrogen-bond donors (Lipinski definition) is 0. The van der Waals surface area contributed by atoms with Crippen LogP contribution < -0.4 is 0 Å². The molecule has 0 fully saturated rings. The van der Waals surface area contributed by atoms with Crippen LogP contribution in [0.2, 0.25) is 4.34 Å². The summed E-state index contributed by atoms with van der Waals surface area (Å²) < 4.78 is 37.4. The molecule has 0 saturated carbocycles. The molecule has 5 heteroatoms. The van der Waals surface area contributed by atoms with Crippen LogP contribution in [-0.4, -0.2) is 0 Å². The molecule has 0 nitrogen and oxygen atoms in total. The lowest BCUT2D eigenvalue weighted by molar-refractivity contribution is -0.137. The molecule has 2 aromatic rings. The maximum absolute atomic E-state index is 12.3. The fourth-order valence-electron chi connectivity index (χ4n) is 1.19. The first kappa shape index (κ1) is 9.80. The Bertz CT molecular complexity index is 472. The van der Waals surface area contributed by atoms with Crippen molar-refractivity contribution in [1.29, 1.82) is 0 Å². The van der Waals surface area contributed by atoms with Gasteiger partial charge in [0.2, 0.25) is 0 Å². The van der Waals surface area contributed by atoms with Crippen molar-refractivity contribution in [1.82, 2.24) is 0 Å². The summed E-state index contributed by atoms with van der Waals surface area (Å²) in [5.41, 5.74) is -0.639. The number of alkyl halides is 3. The Labute approximate surface area is 86.9 Å². The third kappa shape index (κ3) is 1.60. The van der Waals surface area contributed by atoms with Gasteiger partial charge in [0.15, 0.2) is 0 Å². The average molecular weight is 237 g/mol. The van der Waals surface area contributed by atoms with Crippen LogP contribution in [-0.2, 0) is 6.18 Å². The van der Waals surface area contributed by atoms with Gasteiger partial charge in [0.25, 0.3) is 0 Å². The van der Waals surface area contributed by atoms with Gasteiger partial charge >= 0.3 is 6.18 Å². The van der Waals surface area contributed by atoms with Crippen LogP contribution in [0.5, 0.6) is 0 Å². The zero-order chi connectivity index (χ0) is 10.3. The molecule has 0 unspecified atom stereocenters. The highest BCUT2D eigenvalue weighted by Gasteiger charge is 2.30. The first-order valence-corrected chi connectivity index (χ1v) is 4.98. The molecule has 1 heterocycles. The van der Waals surface area contributed by atoms with Crippen molar-refractivity contribution in [3.8, 4) is 0 Å². The highest BCUT2D eigenvalue weighted by atomic mass is 35.5. The fourth-order valence-corrected chi connectivity index (χ4v) is 2.24. The minimum atomic E-state index is -4.29. The summed E-state index contributed by atoms with van der Waals surface area (Å²) >= 11 is 7.01. The summed E-state index contributed by atoms with van der Waals surface area (Å²) in [7, 11) is 0. The molecule has 0 bridgehead atoms. The molecule has 74 valence electrons. The summed E-state index contributed by atoms with van der Waals surface area (Å²) in [6.45, 7) is 0. The van der Waals surface area contributed by atoms with Crippen molar-refractivity contribution in [3.63, 3.8) is 0 Å². The minimum absolute atomic E-state index is 0.522. The normalized spacial score (nSPS) is 12.3. The summed E-state index contributed by atoms with van der Waals surface area (Å²) in [5.74, 6) is 0. The van der Waals surface area contributed by atoms with Gasteiger partial charge in [0.1, 0.15) is 4.34 Å². The molecule has 1 aromatic carbocycles. The second kappa shape index (κ2) is 3.14. The molecule has 0 spiro atoms. The van der Waals surface area contributed by atoms with Crippen LogP contribution in [0.4, 0.5) is 13.2 Å². The largest absolute Gasteiger partial charge is 0.416 e. The average Bonchev–Trinajstić information content (AvgIpc) is 2.46. The quantitative estimate of drug-likeness (QED) is 0.628. The van der Waals surface area contributed by atoms with Crippen molar-refractivity contribution in [2.75, 3.05) is 0 Å². The lowest BCUT2D eigenvalue weighted by atomic mass is 10.1. The zero-order valence-electron chi connectivity index (χ0n) is 6.73. The minimum Gasteiger partial charge on any atom is -0.166 e. The molecule has 0 aliphatic carbocycles. The number of hydrogen-bond acceptors (Lipinski definition) is 1. The molecule has 2 rings (SSSR count). The maximum atomic E-state index is 12.3. The molecule has 0 radical (unpaired) electrons. The molecule has 0 amide bonds. The van der Waals surface area contributed by atoms with E-state index in [0.717, 1.165) is 12.1 Å². The van der Waals surface area contributed by atoms with Gasteiger partial charge in [-0.1, -0.05) is 17.7 Å². The SMILES string of the molecule is FC(F)(F)c1ccc2c(Cl)scc2c1. The highest BCUT2D eigenvalue weighted by Crippen LogP contribution is 2.35. The van der Waals surface area contributed by atoms with E-state index in [0.29, 0.717) is 15.1 Å². The Balaban J connectivity index is 2.63. The second-order valence-corrected chi connectivity index (χ2v) is 4.29. The Morgan fingerprint density at radius 2 is 1.93 bits per heavy atom. The molecule has 0 N–H and O–H groups in total. The summed E-state index contributed by atoms with van der Waals surface area (Å²) in [4.78, 5) is 0. The Morgan fingerprint density at radius 3 is 2.57 bits per heavy atom. The maximum Gasteiger partial charge on any atom is 0.416 e. The smallest absolute Gasteiger partial charge is 0.166 e. The van der Waals surface area contributed by atoms with Crippen LogP contribution >= 0.6 is 22.9 Å². The summed E-state index contributed by atoms with van der Waals surface area (Å²) in [6, 6.07) is 3.55. The molecule has 1 aromatic heterocycles. The van der Waals surface area contributed by atoms with E-state index in [4.69, 9.17) is 11.6 Å². The third-order valence-corrected chi connectivity index (χ3v) is 3.15. The van der Waals surface area contributed by atoms with Gasteiger partial charge in [-0.15, -0.1) is 11.3 Å². The molecule has 0 aliphatic heterocycles. The van der Waals surface area contributed by atoms with E-state index in [2.05, 4.69) is 0 Å². The molecule has 0 saturated heterocycles. The van der Waals surface area contributed by atoms with Gasteiger partial charge in [0.05, 0.1) is 5.56 Å². The lowest BCUT2D eigenvalue weighted by Gasteiger charge is -2.05. The van der Waals surface area contributed by atoms with E-state index < -0.39 is 11.7 Å². The van der Waals surface area contributed by atoms with Crippen LogP contribution in [0.1, 0.15) is 5.56 Å². The number of benzene rings is 1. The highest BCUT2D eigenvalue weighted by molar-refractivity contribution is 7.16. The van der Waals surface area contributed by atoms with Gasteiger partial charge < -0.3 is 0 Å². The summed E-state index contributed by atoms with van der Waals surface area (Å²) in [6.07, 6.45) is -4.29. The van der Waals surface area contributed by atoms with Crippen molar-refractivity contribution >= 4 is 33.7 Å². The Morgan fingerprint density at radius 1 is 1.21 bits per heavy atom. The zero-order valence-corrected chi connectivity index (χ0v) is 8.30. The van der Waals surface area contributed by atoms with E-state index in [1.165, 1.54) is 17.4 Å². The number of thiophene rings is 1. The Hall–Kier alpha value is -0.740. The van der Waals surface area contributed by atoms with E-state index in [1.54, 1.807) is 5.38 Å². The first-order chi connectivity index (χ1) is 6.48. The van der Waals surface area contributed by atoms with E-state index in [-0.39, 0.29) is 0 Å². The van der Waals surface area contributed by atoms with E-state index >= 15 is 0 Å². The number of rotatable bonds is 0. The summed E-state index contributed by atoms with van der Waals surface area (Å²) in [5, 5.41) is 2.83. The van der Waals surface area contributed by atoms with Crippen molar-refractivity contribution in [3.05, 3.63) is 33.5 Å². The topological polar surface area (TPSA) is 0 Å². The first-order valence-electron chi connectivity index (χ1n) is 3.72. The molecule has 0 aliphatic rings. The Kier molecular flexibility index (Phi) is 2.20.